The Morgan fingerprint density at radius 2 is 2.56 bits per heavy atom. The Hall–Kier alpha value is -0.240. The van der Waals surface area contributed by atoms with Gasteiger partial charge in [0.25, 0.3) is 0 Å². The molecule has 1 heterocycles. The molecule has 3 heteroatoms. The molecule has 0 radical (unpaired) electrons. The van der Waals surface area contributed by atoms with Crippen LogP contribution in [0.25, 0.3) is 0 Å². The monoisotopic (exact) mass is 148 g/mol. The molecule has 0 saturated carbocycles. The van der Waals surface area contributed by atoms with Gasteiger partial charge in [-0.1, -0.05) is 0 Å². The lowest BCUT2D eigenvalue weighted by Gasteiger charge is -2.18. The molecule has 0 N–H and O–H groups in total. The molecule has 0 unspecified atom stereocenters. The number of alkyl halides is 1. The largest absolute Gasteiger partial charge is 0.465 e. The van der Waals surface area contributed by atoms with Crippen molar-refractivity contribution in [3.63, 3.8) is 0 Å². The van der Waals surface area contributed by atoms with Crippen LogP contribution in [0.15, 0.2) is 0 Å². The second-order valence-electron chi connectivity index (χ2n) is 2.24. The molecule has 9 heavy (non-hydrogen) atoms. The van der Waals surface area contributed by atoms with Crippen LogP contribution in [0.3, 0.4) is 0 Å². The van der Waals surface area contributed by atoms with E-state index in [1.807, 2.05) is 0 Å². The predicted molar refractivity (Wildman–Crippen MR) is 34.4 cm³/mol. The molecule has 1 fully saturated rings. The summed E-state index contributed by atoms with van der Waals surface area (Å²) in [6.07, 6.45) is 1.43. The first-order valence-electron chi connectivity index (χ1n) is 3.04. The van der Waals surface area contributed by atoms with E-state index in [0.717, 1.165) is 6.42 Å². The zero-order chi connectivity index (χ0) is 6.69. The lowest BCUT2D eigenvalue weighted by molar-refractivity contribution is -0.148. The first kappa shape index (κ1) is 6.87. The number of carbonyl (C=O) groups is 1. The van der Waals surface area contributed by atoms with Crippen molar-refractivity contribution in [1.82, 2.24) is 0 Å². The minimum Gasteiger partial charge on any atom is -0.465 e. The lowest BCUT2D eigenvalue weighted by atomic mass is 10.0. The lowest BCUT2D eigenvalue weighted by Crippen LogP contribution is -2.22. The predicted octanol–water partition coefficient (Wildman–Crippen LogP) is 1.18. The van der Waals surface area contributed by atoms with E-state index in [0.29, 0.717) is 24.8 Å². The van der Waals surface area contributed by atoms with Gasteiger partial charge in [-0.25, -0.2) is 0 Å². The number of carbonyl (C=O) groups excluding carboxylic acids is 1. The molecule has 1 rings (SSSR count). The summed E-state index contributed by atoms with van der Waals surface area (Å²) in [6, 6.07) is 0. The SMILES string of the molecule is O=C1CC[C@@H](CCl)CO1. The van der Waals surface area contributed by atoms with E-state index >= 15 is 0 Å². The number of esters is 1. The van der Waals surface area contributed by atoms with Crippen LogP contribution in [0, 0.1) is 5.92 Å². The molecular formula is C6H9ClO2. The highest BCUT2D eigenvalue weighted by Crippen LogP contribution is 2.15. The van der Waals surface area contributed by atoms with Gasteiger partial charge in [-0.05, 0) is 6.42 Å². The van der Waals surface area contributed by atoms with Gasteiger partial charge >= 0.3 is 5.97 Å². The van der Waals surface area contributed by atoms with E-state index in [1.54, 1.807) is 0 Å². The maximum absolute atomic E-state index is 10.5. The van der Waals surface area contributed by atoms with Gasteiger partial charge in [-0.2, -0.15) is 0 Å². The van der Waals surface area contributed by atoms with Crippen LogP contribution >= 0.6 is 11.6 Å². The smallest absolute Gasteiger partial charge is 0.305 e. The van der Waals surface area contributed by atoms with Gasteiger partial charge < -0.3 is 4.74 Å². The summed E-state index contributed by atoms with van der Waals surface area (Å²) in [5, 5.41) is 0. The quantitative estimate of drug-likeness (QED) is 0.412. The highest BCUT2D eigenvalue weighted by Gasteiger charge is 2.18. The number of ether oxygens (including phenoxy) is 1. The summed E-state index contributed by atoms with van der Waals surface area (Å²) >= 11 is 5.54. The van der Waals surface area contributed by atoms with Crippen molar-refractivity contribution in [2.75, 3.05) is 12.5 Å². The second-order valence-corrected chi connectivity index (χ2v) is 2.55. The minimum atomic E-state index is -0.0867. The van der Waals surface area contributed by atoms with E-state index in [2.05, 4.69) is 0 Å². The van der Waals surface area contributed by atoms with Gasteiger partial charge in [-0.3, -0.25) is 4.79 Å². The van der Waals surface area contributed by atoms with Gasteiger partial charge in [0.1, 0.15) is 0 Å². The standard InChI is InChI=1S/C6H9ClO2/c7-3-5-1-2-6(8)9-4-5/h5H,1-4H2/t5-/m0/s1. The Labute approximate surface area is 59.1 Å². The van der Waals surface area contributed by atoms with Crippen LogP contribution in [-0.4, -0.2) is 18.5 Å². The van der Waals surface area contributed by atoms with Gasteiger partial charge in [0.15, 0.2) is 0 Å². The molecule has 2 nitrogen and oxygen atoms in total. The summed E-state index contributed by atoms with van der Waals surface area (Å²) in [7, 11) is 0. The van der Waals surface area contributed by atoms with Crippen molar-refractivity contribution in [2.45, 2.75) is 12.8 Å². The molecule has 0 spiro atoms. The number of cyclic esters (lactones) is 1. The van der Waals surface area contributed by atoms with Crippen molar-refractivity contribution < 1.29 is 9.53 Å². The van der Waals surface area contributed by atoms with Gasteiger partial charge in [0.05, 0.1) is 6.61 Å². The molecule has 1 aliphatic heterocycles. The highest BCUT2D eigenvalue weighted by atomic mass is 35.5. The third kappa shape index (κ3) is 1.86. The van der Waals surface area contributed by atoms with Gasteiger partial charge in [0.2, 0.25) is 0 Å². The summed E-state index contributed by atoms with van der Waals surface area (Å²) in [6.45, 7) is 0.516. The van der Waals surface area contributed by atoms with E-state index in [4.69, 9.17) is 16.3 Å². The zero-order valence-corrected chi connectivity index (χ0v) is 5.86. The molecule has 0 bridgehead atoms. The van der Waals surface area contributed by atoms with Crippen LogP contribution in [-0.2, 0) is 9.53 Å². The highest BCUT2D eigenvalue weighted by molar-refractivity contribution is 6.18. The maximum Gasteiger partial charge on any atom is 0.305 e. The molecule has 0 aliphatic carbocycles. The molecule has 52 valence electrons. The van der Waals surface area contributed by atoms with Crippen molar-refractivity contribution in [3.8, 4) is 0 Å². The first-order chi connectivity index (χ1) is 4.33. The van der Waals surface area contributed by atoms with Gasteiger partial charge in [0, 0.05) is 18.2 Å². The molecule has 0 aromatic carbocycles. The molecule has 1 saturated heterocycles. The van der Waals surface area contributed by atoms with E-state index < -0.39 is 0 Å². The van der Waals surface area contributed by atoms with E-state index in [9.17, 15) is 4.79 Å². The van der Waals surface area contributed by atoms with Crippen molar-refractivity contribution in [3.05, 3.63) is 0 Å². The Morgan fingerprint density at radius 1 is 1.78 bits per heavy atom. The van der Waals surface area contributed by atoms with E-state index in [1.165, 1.54) is 0 Å². The van der Waals surface area contributed by atoms with Gasteiger partial charge in [-0.15, -0.1) is 11.6 Å². The molecule has 1 aliphatic rings. The summed E-state index contributed by atoms with van der Waals surface area (Å²) in [5.41, 5.74) is 0. The maximum atomic E-state index is 10.5. The summed E-state index contributed by atoms with van der Waals surface area (Å²) in [4.78, 5) is 10.5. The number of halogens is 1. The molecule has 0 aromatic heterocycles. The summed E-state index contributed by atoms with van der Waals surface area (Å²) < 4.78 is 4.76. The van der Waals surface area contributed by atoms with Crippen LogP contribution in [0.4, 0.5) is 0 Å². The fraction of sp³-hybridized carbons (Fsp3) is 0.833. The van der Waals surface area contributed by atoms with Crippen LogP contribution in [0.2, 0.25) is 0 Å². The third-order valence-electron chi connectivity index (χ3n) is 1.45. The average molecular weight is 149 g/mol. The second kappa shape index (κ2) is 3.06. The zero-order valence-electron chi connectivity index (χ0n) is 5.10. The van der Waals surface area contributed by atoms with Crippen molar-refractivity contribution >= 4 is 17.6 Å². The van der Waals surface area contributed by atoms with Crippen molar-refractivity contribution in [1.29, 1.82) is 0 Å². The van der Waals surface area contributed by atoms with E-state index in [-0.39, 0.29) is 5.97 Å². The topological polar surface area (TPSA) is 26.3 Å². The fourth-order valence-corrected chi connectivity index (χ4v) is 1.05. The number of rotatable bonds is 1. The Balaban J connectivity index is 2.26. The Kier molecular flexibility index (Phi) is 2.34. The fourth-order valence-electron chi connectivity index (χ4n) is 0.810. The van der Waals surface area contributed by atoms with Crippen LogP contribution < -0.4 is 0 Å². The normalized spacial score (nSPS) is 27.7. The van der Waals surface area contributed by atoms with Crippen molar-refractivity contribution in [2.24, 2.45) is 5.92 Å². The van der Waals surface area contributed by atoms with Crippen LogP contribution in [0.1, 0.15) is 12.8 Å². The first-order valence-corrected chi connectivity index (χ1v) is 3.58. The average Bonchev–Trinajstić information content (AvgIpc) is 1.90. The van der Waals surface area contributed by atoms with Crippen LogP contribution in [0.5, 0.6) is 0 Å². The Morgan fingerprint density at radius 3 is 3.00 bits per heavy atom. The third-order valence-corrected chi connectivity index (χ3v) is 1.89. The number of hydrogen-bond donors (Lipinski definition) is 0. The molecular weight excluding hydrogens is 140 g/mol. The molecule has 0 aromatic rings. The Bertz CT molecular complexity index is 104. The number of hydrogen-bond acceptors (Lipinski definition) is 2. The molecule has 0 amide bonds. The molecule has 1 atom stereocenters. The summed E-state index contributed by atoms with van der Waals surface area (Å²) in [5.74, 6) is 0.911. The minimum absolute atomic E-state index is 0.0867.